The average Bonchev–Trinajstić information content (AvgIpc) is 2.52. The van der Waals surface area contributed by atoms with Crippen LogP contribution in [-0.4, -0.2) is 32.0 Å². The van der Waals surface area contributed by atoms with Gasteiger partial charge in [-0.15, -0.1) is 0 Å². The van der Waals surface area contributed by atoms with Gasteiger partial charge < -0.3 is 5.32 Å². The first-order valence-corrected chi connectivity index (χ1v) is 6.69. The number of nitrogens with one attached hydrogen (secondary N) is 1. The van der Waals surface area contributed by atoms with Gasteiger partial charge in [0.15, 0.2) is 9.84 Å². The van der Waals surface area contributed by atoms with Crippen LogP contribution >= 0.6 is 0 Å². The van der Waals surface area contributed by atoms with E-state index in [0.717, 1.165) is 19.4 Å². The maximum atomic E-state index is 11.5. The Morgan fingerprint density at radius 2 is 2.15 bits per heavy atom. The van der Waals surface area contributed by atoms with Gasteiger partial charge in [-0.3, -0.25) is 0 Å². The second kappa shape index (κ2) is 4.42. The summed E-state index contributed by atoms with van der Waals surface area (Å²) in [6.45, 7) is 4.54. The van der Waals surface area contributed by atoms with Crippen LogP contribution < -0.4 is 5.32 Å². The molecule has 0 aromatic rings. The standard InChI is InChI=1S/C9H19NO2S/c1-8(2)13(11,12)7-5-9-4-3-6-10-9/h8-10H,3-7H2,1-2H3. The van der Waals surface area contributed by atoms with Gasteiger partial charge in [0.25, 0.3) is 0 Å². The maximum absolute atomic E-state index is 11.5. The van der Waals surface area contributed by atoms with Crippen LogP contribution in [0.15, 0.2) is 0 Å². The summed E-state index contributed by atoms with van der Waals surface area (Å²) in [6.07, 6.45) is 3.10. The molecule has 78 valence electrons. The number of sulfone groups is 1. The van der Waals surface area contributed by atoms with Crippen LogP contribution in [-0.2, 0) is 9.84 Å². The van der Waals surface area contributed by atoms with Gasteiger partial charge >= 0.3 is 0 Å². The molecule has 4 heteroatoms. The van der Waals surface area contributed by atoms with E-state index in [4.69, 9.17) is 0 Å². The van der Waals surface area contributed by atoms with E-state index < -0.39 is 9.84 Å². The molecule has 0 saturated carbocycles. The summed E-state index contributed by atoms with van der Waals surface area (Å²) in [5.74, 6) is 0.336. The number of hydrogen-bond acceptors (Lipinski definition) is 3. The van der Waals surface area contributed by atoms with E-state index in [9.17, 15) is 8.42 Å². The summed E-state index contributed by atoms with van der Waals surface area (Å²) in [5, 5.41) is 3.08. The minimum absolute atomic E-state index is 0.228. The van der Waals surface area contributed by atoms with E-state index in [1.807, 2.05) is 0 Å². The second-order valence-electron chi connectivity index (χ2n) is 4.00. The molecule has 1 unspecified atom stereocenters. The summed E-state index contributed by atoms with van der Waals surface area (Å²) in [6, 6.07) is 0.438. The van der Waals surface area contributed by atoms with Gasteiger partial charge in [-0.05, 0) is 39.7 Å². The van der Waals surface area contributed by atoms with Crippen molar-refractivity contribution in [2.75, 3.05) is 12.3 Å². The van der Waals surface area contributed by atoms with Crippen molar-refractivity contribution in [1.82, 2.24) is 5.32 Å². The summed E-state index contributed by atoms with van der Waals surface area (Å²) >= 11 is 0. The van der Waals surface area contributed by atoms with Gasteiger partial charge in [0.1, 0.15) is 0 Å². The van der Waals surface area contributed by atoms with E-state index in [-0.39, 0.29) is 5.25 Å². The van der Waals surface area contributed by atoms with E-state index in [0.29, 0.717) is 11.8 Å². The second-order valence-corrected chi connectivity index (χ2v) is 6.67. The fourth-order valence-corrected chi connectivity index (χ4v) is 2.63. The van der Waals surface area contributed by atoms with Crippen LogP contribution in [0.25, 0.3) is 0 Å². The van der Waals surface area contributed by atoms with Crippen LogP contribution in [0.3, 0.4) is 0 Å². The third kappa shape index (κ3) is 3.27. The summed E-state index contributed by atoms with van der Waals surface area (Å²) in [4.78, 5) is 0. The van der Waals surface area contributed by atoms with Gasteiger partial charge in [0, 0.05) is 6.04 Å². The smallest absolute Gasteiger partial charge is 0.152 e. The van der Waals surface area contributed by atoms with Gasteiger partial charge in [0.05, 0.1) is 11.0 Å². The fraction of sp³-hybridized carbons (Fsp3) is 1.00. The van der Waals surface area contributed by atoms with Gasteiger partial charge in [-0.2, -0.15) is 0 Å². The lowest BCUT2D eigenvalue weighted by atomic mass is 10.2. The van der Waals surface area contributed by atoms with Crippen molar-refractivity contribution >= 4 is 9.84 Å². The van der Waals surface area contributed by atoms with Gasteiger partial charge in [-0.25, -0.2) is 8.42 Å². The predicted octanol–water partition coefficient (Wildman–Crippen LogP) is 0.952. The molecular formula is C9H19NO2S. The topological polar surface area (TPSA) is 46.2 Å². The third-order valence-electron chi connectivity index (χ3n) is 2.63. The normalized spacial score (nSPS) is 24.1. The fourth-order valence-electron chi connectivity index (χ4n) is 1.55. The van der Waals surface area contributed by atoms with Crippen LogP contribution in [0.1, 0.15) is 33.1 Å². The monoisotopic (exact) mass is 205 g/mol. The molecule has 3 nitrogen and oxygen atoms in total. The van der Waals surface area contributed by atoms with Crippen LogP contribution in [0.2, 0.25) is 0 Å². The Bertz CT molecular complexity index is 240. The molecule has 1 heterocycles. The summed E-state index contributed by atoms with van der Waals surface area (Å²) in [5.41, 5.74) is 0. The SMILES string of the molecule is CC(C)S(=O)(=O)CCC1CCCN1. The lowest BCUT2D eigenvalue weighted by molar-refractivity contribution is 0.557. The molecule has 1 N–H and O–H groups in total. The first kappa shape index (κ1) is 11.0. The highest BCUT2D eigenvalue weighted by atomic mass is 32.2. The third-order valence-corrected chi connectivity index (χ3v) is 4.87. The van der Waals surface area contributed by atoms with E-state index in [1.165, 1.54) is 6.42 Å². The zero-order chi connectivity index (χ0) is 9.90. The molecule has 1 atom stereocenters. The lowest BCUT2D eigenvalue weighted by Gasteiger charge is -2.11. The average molecular weight is 205 g/mol. The maximum Gasteiger partial charge on any atom is 0.152 e. The Morgan fingerprint density at radius 3 is 2.62 bits per heavy atom. The molecule has 0 amide bonds. The molecule has 0 aromatic heterocycles. The quantitative estimate of drug-likeness (QED) is 0.743. The molecule has 0 aromatic carbocycles. The molecule has 0 bridgehead atoms. The van der Waals surface area contributed by atoms with Crippen LogP contribution in [0.4, 0.5) is 0 Å². The minimum atomic E-state index is -2.83. The molecule has 1 aliphatic heterocycles. The number of rotatable bonds is 4. The molecule has 1 saturated heterocycles. The Labute approximate surface area is 80.8 Å². The summed E-state index contributed by atoms with van der Waals surface area (Å²) < 4.78 is 22.9. The first-order valence-electron chi connectivity index (χ1n) is 4.97. The Kier molecular flexibility index (Phi) is 3.74. The molecular weight excluding hydrogens is 186 g/mol. The van der Waals surface area contributed by atoms with Crippen molar-refractivity contribution < 1.29 is 8.42 Å². The molecule has 0 radical (unpaired) electrons. The van der Waals surface area contributed by atoms with Gasteiger partial charge in [-0.1, -0.05) is 0 Å². The van der Waals surface area contributed by atoms with Crippen molar-refractivity contribution in [2.24, 2.45) is 0 Å². The molecule has 0 spiro atoms. The van der Waals surface area contributed by atoms with Crippen molar-refractivity contribution in [3.63, 3.8) is 0 Å². The zero-order valence-electron chi connectivity index (χ0n) is 8.41. The summed E-state index contributed by atoms with van der Waals surface area (Å²) in [7, 11) is -2.83. The van der Waals surface area contributed by atoms with E-state index in [2.05, 4.69) is 5.32 Å². The Morgan fingerprint density at radius 1 is 1.46 bits per heavy atom. The molecule has 1 rings (SSSR count). The highest BCUT2D eigenvalue weighted by Crippen LogP contribution is 2.11. The Hall–Kier alpha value is -0.0900. The lowest BCUT2D eigenvalue weighted by Crippen LogP contribution is -2.27. The zero-order valence-corrected chi connectivity index (χ0v) is 9.23. The van der Waals surface area contributed by atoms with Gasteiger partial charge in [0.2, 0.25) is 0 Å². The minimum Gasteiger partial charge on any atom is -0.314 e. The molecule has 0 aliphatic carbocycles. The van der Waals surface area contributed by atoms with Crippen molar-refractivity contribution in [3.8, 4) is 0 Å². The Balaban J connectivity index is 2.33. The van der Waals surface area contributed by atoms with Crippen LogP contribution in [0, 0.1) is 0 Å². The highest BCUT2D eigenvalue weighted by Gasteiger charge is 2.20. The van der Waals surface area contributed by atoms with E-state index >= 15 is 0 Å². The predicted molar refractivity (Wildman–Crippen MR) is 54.6 cm³/mol. The molecule has 1 aliphatic rings. The highest BCUT2D eigenvalue weighted by molar-refractivity contribution is 7.91. The first-order chi connectivity index (χ1) is 6.02. The van der Waals surface area contributed by atoms with Crippen molar-refractivity contribution in [2.45, 2.75) is 44.4 Å². The molecule has 1 fully saturated rings. The van der Waals surface area contributed by atoms with Crippen molar-refractivity contribution in [1.29, 1.82) is 0 Å². The van der Waals surface area contributed by atoms with E-state index in [1.54, 1.807) is 13.8 Å². The molecule has 13 heavy (non-hydrogen) atoms. The largest absolute Gasteiger partial charge is 0.314 e. The number of hydrogen-bond donors (Lipinski definition) is 1. The van der Waals surface area contributed by atoms with Crippen LogP contribution in [0.5, 0.6) is 0 Å². The van der Waals surface area contributed by atoms with Crippen molar-refractivity contribution in [3.05, 3.63) is 0 Å².